The smallest absolute Gasteiger partial charge is 0.261 e. The molecule has 2 aromatic rings. The number of nitrogens with one attached hydrogen (secondary N) is 1. The Morgan fingerprint density at radius 3 is 2.90 bits per heavy atom. The molecule has 1 amide bonds. The summed E-state index contributed by atoms with van der Waals surface area (Å²) >= 11 is 0. The van der Waals surface area contributed by atoms with Crippen molar-refractivity contribution in [2.45, 2.75) is 26.1 Å². The quantitative estimate of drug-likeness (QED) is 0.853. The van der Waals surface area contributed by atoms with Crippen molar-refractivity contribution < 1.29 is 18.3 Å². The molecule has 1 unspecified atom stereocenters. The lowest BCUT2D eigenvalue weighted by molar-refractivity contribution is -0.127. The molecule has 21 heavy (non-hydrogen) atoms. The molecule has 1 aromatic carbocycles. The van der Waals surface area contributed by atoms with Crippen LogP contribution in [0.4, 0.5) is 4.39 Å². The third-order valence-corrected chi connectivity index (χ3v) is 2.95. The molecule has 112 valence electrons. The molecule has 0 spiro atoms. The van der Waals surface area contributed by atoms with Crippen LogP contribution in [0.1, 0.15) is 18.2 Å². The number of nitrogens with two attached hydrogens (primary N) is 1. The van der Waals surface area contributed by atoms with E-state index in [4.69, 9.17) is 14.9 Å². The predicted molar refractivity (Wildman–Crippen MR) is 74.9 cm³/mol. The summed E-state index contributed by atoms with van der Waals surface area (Å²) in [5.74, 6) is -0.258. The maximum Gasteiger partial charge on any atom is 0.261 e. The van der Waals surface area contributed by atoms with Gasteiger partial charge in [-0.25, -0.2) is 4.39 Å². The molecular formula is C15H17FN2O3. The summed E-state index contributed by atoms with van der Waals surface area (Å²) in [7, 11) is 0. The van der Waals surface area contributed by atoms with Gasteiger partial charge in [0.25, 0.3) is 5.91 Å². The van der Waals surface area contributed by atoms with Crippen molar-refractivity contribution in [1.29, 1.82) is 0 Å². The first-order valence-electron chi connectivity index (χ1n) is 6.56. The maximum atomic E-state index is 13.7. The van der Waals surface area contributed by atoms with Gasteiger partial charge in [0.2, 0.25) is 0 Å². The second kappa shape index (κ2) is 6.90. The molecule has 0 radical (unpaired) electrons. The normalized spacial score (nSPS) is 12.0. The predicted octanol–water partition coefficient (Wildman–Crippen LogP) is 1.96. The van der Waals surface area contributed by atoms with Crippen molar-refractivity contribution in [3.8, 4) is 5.75 Å². The van der Waals surface area contributed by atoms with Gasteiger partial charge in [0, 0.05) is 12.1 Å². The fourth-order valence-electron chi connectivity index (χ4n) is 1.81. The van der Waals surface area contributed by atoms with Gasteiger partial charge in [0.1, 0.15) is 5.76 Å². The summed E-state index contributed by atoms with van der Waals surface area (Å²) in [4.78, 5) is 11.9. The van der Waals surface area contributed by atoms with E-state index in [0.29, 0.717) is 11.3 Å². The molecule has 2 rings (SSSR count). The molecule has 0 aliphatic carbocycles. The molecule has 3 N–H and O–H groups in total. The molecule has 6 heteroatoms. The lowest BCUT2D eigenvalue weighted by atomic mass is 10.2. The number of ether oxygens (including phenoxy) is 1. The van der Waals surface area contributed by atoms with Gasteiger partial charge in [-0.1, -0.05) is 12.1 Å². The number of carbonyl (C=O) groups excluding carboxylic acids is 1. The molecule has 0 fully saturated rings. The second-order valence-electron chi connectivity index (χ2n) is 4.49. The number of hydrogen-bond acceptors (Lipinski definition) is 4. The van der Waals surface area contributed by atoms with Crippen LogP contribution in [0, 0.1) is 5.82 Å². The highest BCUT2D eigenvalue weighted by atomic mass is 19.1. The highest BCUT2D eigenvalue weighted by Crippen LogP contribution is 2.23. The van der Waals surface area contributed by atoms with Crippen molar-refractivity contribution in [3.63, 3.8) is 0 Å². The number of halogens is 1. The van der Waals surface area contributed by atoms with E-state index in [0.717, 1.165) is 0 Å². The monoisotopic (exact) mass is 292 g/mol. The van der Waals surface area contributed by atoms with Crippen LogP contribution in [0.2, 0.25) is 0 Å². The van der Waals surface area contributed by atoms with Gasteiger partial charge in [0.15, 0.2) is 17.7 Å². The van der Waals surface area contributed by atoms with Gasteiger partial charge in [-0.05, 0) is 25.1 Å². The summed E-state index contributed by atoms with van der Waals surface area (Å²) in [5.41, 5.74) is 6.05. The minimum atomic E-state index is -0.845. The van der Waals surface area contributed by atoms with Crippen molar-refractivity contribution in [3.05, 3.63) is 53.7 Å². The van der Waals surface area contributed by atoms with Crippen LogP contribution in [0.25, 0.3) is 0 Å². The Labute approximate surface area is 121 Å². The molecule has 0 aliphatic rings. The van der Waals surface area contributed by atoms with E-state index in [-0.39, 0.29) is 24.7 Å². The van der Waals surface area contributed by atoms with Crippen LogP contribution in [-0.2, 0) is 17.9 Å². The van der Waals surface area contributed by atoms with Crippen LogP contribution in [0.15, 0.2) is 41.0 Å². The lowest BCUT2D eigenvalue weighted by Crippen LogP contribution is -2.36. The number of amides is 1. The van der Waals surface area contributed by atoms with E-state index >= 15 is 0 Å². The fourth-order valence-corrected chi connectivity index (χ4v) is 1.81. The Hall–Kier alpha value is -2.34. The van der Waals surface area contributed by atoms with E-state index in [1.54, 1.807) is 31.2 Å². The average molecular weight is 292 g/mol. The van der Waals surface area contributed by atoms with Crippen molar-refractivity contribution >= 4 is 5.91 Å². The average Bonchev–Trinajstić information content (AvgIpc) is 3.00. The largest absolute Gasteiger partial charge is 0.477 e. The Bertz CT molecular complexity index is 599. The van der Waals surface area contributed by atoms with Gasteiger partial charge in [-0.2, -0.15) is 0 Å². The molecule has 5 nitrogen and oxygen atoms in total. The van der Waals surface area contributed by atoms with E-state index in [9.17, 15) is 9.18 Å². The van der Waals surface area contributed by atoms with E-state index in [2.05, 4.69) is 5.32 Å². The molecule has 0 saturated heterocycles. The zero-order chi connectivity index (χ0) is 15.2. The molecule has 1 atom stereocenters. The lowest BCUT2D eigenvalue weighted by Gasteiger charge is -2.17. The van der Waals surface area contributed by atoms with Gasteiger partial charge < -0.3 is 20.2 Å². The van der Waals surface area contributed by atoms with Gasteiger partial charge in [-0.15, -0.1) is 0 Å². The number of carbonyl (C=O) groups is 1. The van der Waals surface area contributed by atoms with E-state index in [1.807, 2.05) is 0 Å². The van der Waals surface area contributed by atoms with Crippen LogP contribution in [-0.4, -0.2) is 12.0 Å². The zero-order valence-corrected chi connectivity index (χ0v) is 11.6. The zero-order valence-electron chi connectivity index (χ0n) is 11.6. The van der Waals surface area contributed by atoms with Gasteiger partial charge >= 0.3 is 0 Å². The van der Waals surface area contributed by atoms with Crippen LogP contribution >= 0.6 is 0 Å². The van der Waals surface area contributed by atoms with Crippen LogP contribution in [0.5, 0.6) is 5.75 Å². The molecule has 1 heterocycles. The molecule has 0 bridgehead atoms. The minimum Gasteiger partial charge on any atom is -0.477 e. The first-order chi connectivity index (χ1) is 10.1. The van der Waals surface area contributed by atoms with E-state index < -0.39 is 11.9 Å². The summed E-state index contributed by atoms with van der Waals surface area (Å²) in [5, 5.41) is 2.65. The van der Waals surface area contributed by atoms with E-state index in [1.165, 1.54) is 12.3 Å². The third-order valence-electron chi connectivity index (χ3n) is 2.95. The minimum absolute atomic E-state index is 0.0145. The second-order valence-corrected chi connectivity index (χ2v) is 4.49. The number of para-hydroxylation sites is 1. The molecule has 0 saturated carbocycles. The Kier molecular flexibility index (Phi) is 4.94. The Morgan fingerprint density at radius 2 is 2.24 bits per heavy atom. The Morgan fingerprint density at radius 1 is 1.43 bits per heavy atom. The number of rotatable bonds is 6. The third kappa shape index (κ3) is 3.82. The van der Waals surface area contributed by atoms with Gasteiger partial charge in [-0.3, -0.25) is 4.79 Å². The van der Waals surface area contributed by atoms with Crippen molar-refractivity contribution in [1.82, 2.24) is 5.32 Å². The molecule has 0 aliphatic heterocycles. The summed E-state index contributed by atoms with van der Waals surface area (Å²) < 4.78 is 24.2. The van der Waals surface area contributed by atoms with Gasteiger partial charge in [0.05, 0.1) is 12.8 Å². The standard InChI is InChI=1S/C15H17FN2O3/c1-10(15(19)18-9-12-5-3-7-20-12)21-14-11(8-17)4-2-6-13(14)16/h2-7,10H,8-9,17H2,1H3,(H,18,19). The fraction of sp³-hybridized carbons (Fsp3) is 0.267. The highest BCUT2D eigenvalue weighted by molar-refractivity contribution is 5.80. The first-order valence-corrected chi connectivity index (χ1v) is 6.56. The maximum absolute atomic E-state index is 13.7. The first kappa shape index (κ1) is 15.1. The molecular weight excluding hydrogens is 275 g/mol. The topological polar surface area (TPSA) is 77.5 Å². The highest BCUT2D eigenvalue weighted by Gasteiger charge is 2.18. The number of hydrogen-bond donors (Lipinski definition) is 2. The number of benzene rings is 1. The summed E-state index contributed by atoms with van der Waals surface area (Å²) in [6, 6.07) is 7.95. The Balaban J connectivity index is 1.97. The molecule has 1 aromatic heterocycles. The summed E-state index contributed by atoms with van der Waals surface area (Å²) in [6.45, 7) is 1.93. The van der Waals surface area contributed by atoms with Crippen LogP contribution in [0.3, 0.4) is 0 Å². The van der Waals surface area contributed by atoms with Crippen LogP contribution < -0.4 is 15.8 Å². The SMILES string of the molecule is CC(Oc1c(F)cccc1CN)C(=O)NCc1ccco1. The summed E-state index contributed by atoms with van der Waals surface area (Å²) in [6.07, 6.45) is 0.677. The van der Waals surface area contributed by atoms with Crippen molar-refractivity contribution in [2.24, 2.45) is 5.73 Å². The van der Waals surface area contributed by atoms with Crippen molar-refractivity contribution in [2.75, 3.05) is 0 Å². The number of furan rings is 1.